The highest BCUT2D eigenvalue weighted by Crippen LogP contribution is 2.42. The highest BCUT2D eigenvalue weighted by molar-refractivity contribution is 7.99. The Kier molecular flexibility index (Phi) is 6.78. The fraction of sp³-hybridized carbons (Fsp3) is 0.600. The molecule has 1 saturated heterocycles. The van der Waals surface area contributed by atoms with E-state index in [1.54, 1.807) is 11.8 Å². The average molecular weight is 430 g/mol. The van der Waals surface area contributed by atoms with E-state index in [4.69, 9.17) is 9.47 Å². The maximum absolute atomic E-state index is 14.4. The summed E-state index contributed by atoms with van der Waals surface area (Å²) in [5.74, 6) is -2.41. The number of alkyl halides is 2. The zero-order valence-electron chi connectivity index (χ0n) is 15.2. The topological polar surface area (TPSA) is 64.2 Å². The van der Waals surface area contributed by atoms with E-state index in [-0.39, 0.29) is 49.4 Å². The molecule has 2 aromatic rings. The van der Waals surface area contributed by atoms with Gasteiger partial charge in [-0.05, 0) is 12.8 Å². The normalized spacial score (nSPS) is 19.6. The molecular weight excluding hydrogens is 405 g/mol. The van der Waals surface area contributed by atoms with Crippen LogP contribution in [0.25, 0.3) is 10.9 Å². The van der Waals surface area contributed by atoms with Crippen LogP contribution in [-0.2, 0) is 10.5 Å². The van der Waals surface area contributed by atoms with Gasteiger partial charge in [0, 0.05) is 49.4 Å². The van der Waals surface area contributed by atoms with Crippen molar-refractivity contribution < 1.29 is 22.6 Å². The van der Waals surface area contributed by atoms with Gasteiger partial charge in [0.1, 0.15) is 22.8 Å². The third kappa shape index (κ3) is 5.25. The first-order chi connectivity index (χ1) is 13.4. The molecule has 1 aliphatic heterocycles. The molecule has 5 nitrogen and oxygen atoms in total. The van der Waals surface area contributed by atoms with Crippen molar-refractivity contribution >= 4 is 22.7 Å². The standard InChI is InChI=1S/C19H21F3N2O3S.CH4/c20-14-5-12(27-9-11-7-19(21,22)8-11)6-15-17(14)18(25)24-16(23-15)10-28-13-1-3-26-4-2-13;/h5-6,11,13H,1-4,7-10H2,(H,23,24,25);1H4. The maximum Gasteiger partial charge on any atom is 0.261 e. The van der Waals surface area contributed by atoms with Crippen LogP contribution in [0, 0.1) is 11.7 Å². The Labute approximate surface area is 171 Å². The fourth-order valence-corrected chi connectivity index (χ4v) is 4.61. The van der Waals surface area contributed by atoms with E-state index in [2.05, 4.69) is 9.97 Å². The summed E-state index contributed by atoms with van der Waals surface area (Å²) in [4.78, 5) is 19.3. The van der Waals surface area contributed by atoms with Crippen LogP contribution in [0.15, 0.2) is 16.9 Å². The van der Waals surface area contributed by atoms with Crippen LogP contribution in [0.5, 0.6) is 5.75 Å². The van der Waals surface area contributed by atoms with Gasteiger partial charge in [0.2, 0.25) is 5.92 Å². The Morgan fingerprint density at radius 3 is 2.69 bits per heavy atom. The first kappa shape index (κ1) is 22.0. The summed E-state index contributed by atoms with van der Waals surface area (Å²) in [6.07, 6.45) is 1.48. The lowest BCUT2D eigenvalue weighted by atomic mass is 9.82. The van der Waals surface area contributed by atoms with Crippen LogP contribution in [0.4, 0.5) is 13.2 Å². The van der Waals surface area contributed by atoms with E-state index in [0.717, 1.165) is 32.1 Å². The molecule has 0 spiro atoms. The van der Waals surface area contributed by atoms with Crippen LogP contribution in [-0.4, -0.2) is 41.0 Å². The molecule has 1 aliphatic carbocycles. The van der Waals surface area contributed by atoms with Crippen molar-refractivity contribution in [1.29, 1.82) is 0 Å². The molecule has 1 aromatic carbocycles. The minimum absolute atomic E-state index is 0. The second kappa shape index (κ2) is 8.95. The highest BCUT2D eigenvalue weighted by Gasteiger charge is 2.45. The van der Waals surface area contributed by atoms with Crippen molar-refractivity contribution in [1.82, 2.24) is 9.97 Å². The number of thioether (sulfide) groups is 1. The molecule has 29 heavy (non-hydrogen) atoms. The number of aromatic amines is 1. The van der Waals surface area contributed by atoms with Crippen LogP contribution in [0.3, 0.4) is 0 Å². The van der Waals surface area contributed by atoms with Gasteiger partial charge in [-0.15, -0.1) is 0 Å². The quantitative estimate of drug-likeness (QED) is 0.729. The van der Waals surface area contributed by atoms with Crippen molar-refractivity contribution in [2.45, 2.75) is 50.0 Å². The third-order valence-corrected chi connectivity index (χ3v) is 6.45. The fourth-order valence-electron chi connectivity index (χ4n) is 3.56. The van der Waals surface area contributed by atoms with Gasteiger partial charge in [-0.25, -0.2) is 18.2 Å². The van der Waals surface area contributed by atoms with E-state index in [9.17, 15) is 18.0 Å². The summed E-state index contributed by atoms with van der Waals surface area (Å²) < 4.78 is 51.0. The molecule has 2 aliphatic rings. The number of halogens is 3. The summed E-state index contributed by atoms with van der Waals surface area (Å²) in [5, 5.41) is 0.323. The van der Waals surface area contributed by atoms with E-state index >= 15 is 0 Å². The monoisotopic (exact) mass is 430 g/mol. The molecule has 0 amide bonds. The van der Waals surface area contributed by atoms with Gasteiger partial charge < -0.3 is 14.5 Å². The first-order valence-corrected chi connectivity index (χ1v) is 10.4. The summed E-state index contributed by atoms with van der Waals surface area (Å²) >= 11 is 1.69. The van der Waals surface area contributed by atoms with Crippen molar-refractivity contribution in [2.75, 3.05) is 19.8 Å². The van der Waals surface area contributed by atoms with Crippen molar-refractivity contribution in [3.63, 3.8) is 0 Å². The molecule has 2 heterocycles. The number of ether oxygens (including phenoxy) is 2. The number of H-pyrrole nitrogens is 1. The first-order valence-electron chi connectivity index (χ1n) is 9.32. The third-order valence-electron chi connectivity index (χ3n) is 5.07. The zero-order chi connectivity index (χ0) is 19.7. The van der Waals surface area contributed by atoms with E-state index in [1.807, 2.05) is 0 Å². The second-order valence-corrected chi connectivity index (χ2v) is 8.66. The molecule has 1 aromatic heterocycles. The Morgan fingerprint density at radius 2 is 2.00 bits per heavy atom. The number of nitrogens with one attached hydrogen (secondary N) is 1. The Morgan fingerprint density at radius 1 is 1.28 bits per heavy atom. The molecule has 1 N–H and O–H groups in total. The van der Waals surface area contributed by atoms with Crippen molar-refractivity contribution in [2.24, 2.45) is 5.92 Å². The van der Waals surface area contributed by atoms with E-state index in [1.165, 1.54) is 6.07 Å². The summed E-state index contributed by atoms with van der Waals surface area (Å²) in [7, 11) is 0. The zero-order valence-corrected chi connectivity index (χ0v) is 16.0. The van der Waals surface area contributed by atoms with Crippen LogP contribution < -0.4 is 10.3 Å². The van der Waals surface area contributed by atoms with Crippen LogP contribution in [0.1, 0.15) is 38.9 Å². The lowest BCUT2D eigenvalue weighted by Crippen LogP contribution is -2.38. The molecule has 1 saturated carbocycles. The van der Waals surface area contributed by atoms with Gasteiger partial charge in [-0.3, -0.25) is 4.79 Å². The number of aromatic nitrogens is 2. The van der Waals surface area contributed by atoms with Gasteiger partial charge >= 0.3 is 0 Å². The SMILES string of the molecule is C.O=c1[nH]c(CSC2CCOCC2)nc2cc(OCC3CC(F)(F)C3)cc(F)c12. The molecule has 160 valence electrons. The molecule has 0 unspecified atom stereocenters. The molecule has 4 rings (SSSR count). The van der Waals surface area contributed by atoms with Crippen molar-refractivity contribution in [3.05, 3.63) is 34.1 Å². The number of fused-ring (bicyclic) bond motifs is 1. The molecule has 0 radical (unpaired) electrons. The predicted molar refractivity (Wildman–Crippen MR) is 107 cm³/mol. The number of hydrogen-bond acceptors (Lipinski definition) is 5. The van der Waals surface area contributed by atoms with Gasteiger partial charge in [-0.2, -0.15) is 11.8 Å². The number of rotatable bonds is 6. The number of nitrogens with zero attached hydrogens (tertiary/aromatic N) is 1. The van der Waals surface area contributed by atoms with Crippen LogP contribution in [0.2, 0.25) is 0 Å². The number of hydrogen-bond donors (Lipinski definition) is 1. The molecule has 0 bridgehead atoms. The van der Waals surface area contributed by atoms with Gasteiger partial charge in [0.05, 0.1) is 17.9 Å². The summed E-state index contributed by atoms with van der Waals surface area (Å²) in [5.41, 5.74) is -0.324. The average Bonchev–Trinajstić information content (AvgIpc) is 2.63. The largest absolute Gasteiger partial charge is 0.493 e. The van der Waals surface area contributed by atoms with Gasteiger partial charge in [0.25, 0.3) is 5.56 Å². The van der Waals surface area contributed by atoms with Gasteiger partial charge in [-0.1, -0.05) is 7.43 Å². The smallest absolute Gasteiger partial charge is 0.261 e. The van der Waals surface area contributed by atoms with E-state index < -0.39 is 17.3 Å². The molecule has 2 fully saturated rings. The summed E-state index contributed by atoms with van der Waals surface area (Å²) in [6.45, 7) is 1.56. The molecule has 9 heteroatoms. The van der Waals surface area contributed by atoms with E-state index in [0.29, 0.717) is 16.8 Å². The minimum Gasteiger partial charge on any atom is -0.493 e. The van der Waals surface area contributed by atoms with Crippen molar-refractivity contribution in [3.8, 4) is 5.75 Å². The lowest BCUT2D eigenvalue weighted by Gasteiger charge is -2.34. The molecule has 0 atom stereocenters. The highest BCUT2D eigenvalue weighted by atomic mass is 32.2. The second-order valence-electron chi connectivity index (χ2n) is 7.38. The summed E-state index contributed by atoms with van der Waals surface area (Å²) in [6, 6.07) is 2.60. The Bertz CT molecular complexity index is 908. The minimum atomic E-state index is -2.62. The predicted octanol–water partition coefficient (Wildman–Crippen LogP) is 4.53. The Balaban J connectivity index is 0.00000240. The van der Waals surface area contributed by atoms with Gasteiger partial charge in [0.15, 0.2) is 0 Å². The number of benzene rings is 1. The Hall–Kier alpha value is -1.74. The lowest BCUT2D eigenvalue weighted by molar-refractivity contribution is -0.119. The van der Waals surface area contributed by atoms with Crippen LogP contribution >= 0.6 is 11.8 Å². The molecular formula is C20H25F3N2O3S. The maximum atomic E-state index is 14.4.